The van der Waals surface area contributed by atoms with E-state index in [4.69, 9.17) is 9.47 Å². The lowest BCUT2D eigenvalue weighted by Gasteiger charge is -2.08. The Labute approximate surface area is 182 Å². The van der Waals surface area contributed by atoms with Crippen molar-refractivity contribution in [2.45, 2.75) is 6.92 Å². The molecule has 0 aromatic heterocycles. The maximum atomic E-state index is 12.4. The van der Waals surface area contributed by atoms with Gasteiger partial charge in [-0.3, -0.25) is 4.79 Å². The number of esters is 1. The van der Waals surface area contributed by atoms with E-state index in [-0.39, 0.29) is 6.61 Å². The number of aryl methyl sites for hydroxylation is 1. The van der Waals surface area contributed by atoms with Crippen molar-refractivity contribution in [1.29, 1.82) is 0 Å². The zero-order valence-corrected chi connectivity index (χ0v) is 17.8. The molecule has 3 aromatic carbocycles. The van der Waals surface area contributed by atoms with Crippen LogP contribution < -0.4 is 14.9 Å². The van der Waals surface area contributed by atoms with Gasteiger partial charge in [-0.15, -0.1) is 0 Å². The van der Waals surface area contributed by atoms with Crippen LogP contribution in [-0.2, 0) is 4.79 Å². The summed E-state index contributed by atoms with van der Waals surface area (Å²) in [5.41, 5.74) is 4.32. The molecule has 0 aliphatic heterocycles. The monoisotopic (exact) mass is 466 g/mol. The van der Waals surface area contributed by atoms with Crippen LogP contribution in [0.3, 0.4) is 0 Å². The van der Waals surface area contributed by atoms with Crippen LogP contribution in [0.5, 0.6) is 11.5 Å². The molecule has 0 fully saturated rings. The number of rotatable bonds is 7. The minimum absolute atomic E-state index is 0.172. The molecule has 3 rings (SSSR count). The molecule has 0 aliphatic rings. The molecule has 0 aliphatic carbocycles. The number of amides is 1. The molecule has 0 heterocycles. The number of nitrogens with zero attached hydrogens (tertiary/aromatic N) is 1. The number of hydrazone groups is 1. The highest BCUT2D eigenvalue weighted by atomic mass is 79.9. The number of benzene rings is 3. The molecular weight excluding hydrogens is 448 g/mol. The Hall–Kier alpha value is -3.45. The second kappa shape index (κ2) is 10.4. The smallest absolute Gasteiger partial charge is 0.343 e. The summed E-state index contributed by atoms with van der Waals surface area (Å²) in [5.74, 6) is 0.0246. The summed E-state index contributed by atoms with van der Waals surface area (Å²) in [5, 5.41) is 3.93. The van der Waals surface area contributed by atoms with Gasteiger partial charge < -0.3 is 9.47 Å². The van der Waals surface area contributed by atoms with Crippen molar-refractivity contribution in [3.05, 3.63) is 94.0 Å². The van der Waals surface area contributed by atoms with Crippen molar-refractivity contribution in [1.82, 2.24) is 5.43 Å². The summed E-state index contributed by atoms with van der Waals surface area (Å²) in [7, 11) is 0. The average molecular weight is 467 g/mol. The zero-order valence-electron chi connectivity index (χ0n) is 16.2. The molecule has 0 atom stereocenters. The lowest BCUT2D eigenvalue weighted by atomic mass is 10.1. The molecule has 0 bridgehead atoms. The van der Waals surface area contributed by atoms with E-state index in [1.165, 1.54) is 6.21 Å². The highest BCUT2D eigenvalue weighted by molar-refractivity contribution is 9.10. The number of carbonyl (C=O) groups is 2. The van der Waals surface area contributed by atoms with E-state index >= 15 is 0 Å². The van der Waals surface area contributed by atoms with Crippen molar-refractivity contribution in [3.63, 3.8) is 0 Å². The predicted molar refractivity (Wildman–Crippen MR) is 118 cm³/mol. The number of carbonyl (C=O) groups excluding carboxylic acids is 2. The van der Waals surface area contributed by atoms with Gasteiger partial charge in [-0.05, 0) is 49.4 Å². The van der Waals surface area contributed by atoms with Crippen molar-refractivity contribution in [2.75, 3.05) is 6.61 Å². The normalized spacial score (nSPS) is 10.6. The number of halogens is 1. The van der Waals surface area contributed by atoms with Crippen LogP contribution in [0.1, 0.15) is 21.5 Å². The number of hydrogen-bond donors (Lipinski definition) is 1. The van der Waals surface area contributed by atoms with Crippen LogP contribution in [0.2, 0.25) is 0 Å². The van der Waals surface area contributed by atoms with E-state index in [1.54, 1.807) is 48.5 Å². The van der Waals surface area contributed by atoms with E-state index in [1.807, 2.05) is 31.2 Å². The van der Waals surface area contributed by atoms with Gasteiger partial charge in [-0.2, -0.15) is 5.10 Å². The topological polar surface area (TPSA) is 77.0 Å². The Bertz CT molecular complexity index is 1070. The van der Waals surface area contributed by atoms with Crippen LogP contribution in [-0.4, -0.2) is 24.7 Å². The van der Waals surface area contributed by atoms with E-state index in [0.717, 1.165) is 10.0 Å². The number of ether oxygens (including phenoxy) is 2. The van der Waals surface area contributed by atoms with Crippen LogP contribution in [0.4, 0.5) is 0 Å². The van der Waals surface area contributed by atoms with Crippen molar-refractivity contribution in [2.24, 2.45) is 5.10 Å². The maximum Gasteiger partial charge on any atom is 0.343 e. The number of para-hydroxylation sites is 1. The van der Waals surface area contributed by atoms with Gasteiger partial charge in [0.1, 0.15) is 11.5 Å². The maximum absolute atomic E-state index is 12.4. The molecule has 152 valence electrons. The quantitative estimate of drug-likeness (QED) is 0.240. The fourth-order valence-electron chi connectivity index (χ4n) is 2.52. The van der Waals surface area contributed by atoms with E-state index in [2.05, 4.69) is 26.5 Å². The minimum Gasteiger partial charge on any atom is -0.484 e. The summed E-state index contributed by atoms with van der Waals surface area (Å²) in [6.07, 6.45) is 1.41. The van der Waals surface area contributed by atoms with E-state index < -0.39 is 11.9 Å². The van der Waals surface area contributed by atoms with Gasteiger partial charge in [0.2, 0.25) is 0 Å². The summed E-state index contributed by atoms with van der Waals surface area (Å²) < 4.78 is 11.7. The first-order valence-corrected chi connectivity index (χ1v) is 9.89. The largest absolute Gasteiger partial charge is 0.484 e. The third kappa shape index (κ3) is 6.28. The molecule has 3 aromatic rings. The zero-order chi connectivity index (χ0) is 21.3. The van der Waals surface area contributed by atoms with Gasteiger partial charge in [-0.25, -0.2) is 10.2 Å². The predicted octanol–water partition coefficient (Wildman–Crippen LogP) is 4.51. The number of hydrogen-bond acceptors (Lipinski definition) is 5. The molecule has 0 radical (unpaired) electrons. The summed E-state index contributed by atoms with van der Waals surface area (Å²) in [6.45, 7) is 1.73. The summed E-state index contributed by atoms with van der Waals surface area (Å²) >= 11 is 3.38. The van der Waals surface area contributed by atoms with Gasteiger partial charge in [0.05, 0.1) is 11.8 Å². The van der Waals surface area contributed by atoms with Crippen molar-refractivity contribution >= 4 is 34.0 Å². The second-order valence-corrected chi connectivity index (χ2v) is 7.25. The van der Waals surface area contributed by atoms with Crippen LogP contribution in [0.15, 0.2) is 82.4 Å². The molecule has 7 heteroatoms. The van der Waals surface area contributed by atoms with Gasteiger partial charge >= 0.3 is 5.97 Å². The first-order chi connectivity index (χ1) is 14.5. The van der Waals surface area contributed by atoms with Crippen molar-refractivity contribution < 1.29 is 19.1 Å². The molecule has 0 spiro atoms. The average Bonchev–Trinajstić information content (AvgIpc) is 2.75. The van der Waals surface area contributed by atoms with Gasteiger partial charge in [0.25, 0.3) is 5.91 Å². The lowest BCUT2D eigenvalue weighted by Crippen LogP contribution is -2.24. The molecule has 1 N–H and O–H groups in total. The molecule has 0 saturated carbocycles. The molecule has 0 saturated heterocycles. The van der Waals surface area contributed by atoms with E-state index in [0.29, 0.717) is 22.6 Å². The number of nitrogens with one attached hydrogen (secondary N) is 1. The Balaban J connectivity index is 1.63. The fraction of sp³-hybridized carbons (Fsp3) is 0.0870. The first kappa shape index (κ1) is 21.3. The minimum atomic E-state index is -0.476. The SMILES string of the molecule is Cc1cccc(C(=O)Oc2ccc(Br)cc2/C=N/NC(=O)COc2ccccc2)c1. The molecule has 0 unspecified atom stereocenters. The van der Waals surface area contributed by atoms with Gasteiger partial charge in [-0.1, -0.05) is 51.8 Å². The molecular formula is C23H19BrN2O4. The summed E-state index contributed by atoms with van der Waals surface area (Å²) in [4.78, 5) is 24.3. The molecule has 30 heavy (non-hydrogen) atoms. The van der Waals surface area contributed by atoms with Crippen LogP contribution in [0.25, 0.3) is 0 Å². The van der Waals surface area contributed by atoms with E-state index in [9.17, 15) is 9.59 Å². The Morgan fingerprint density at radius 3 is 2.60 bits per heavy atom. The first-order valence-electron chi connectivity index (χ1n) is 9.09. The second-order valence-electron chi connectivity index (χ2n) is 6.34. The fourth-order valence-corrected chi connectivity index (χ4v) is 2.89. The van der Waals surface area contributed by atoms with Crippen molar-refractivity contribution in [3.8, 4) is 11.5 Å². The van der Waals surface area contributed by atoms with Gasteiger partial charge in [0, 0.05) is 10.0 Å². The Morgan fingerprint density at radius 1 is 1.03 bits per heavy atom. The van der Waals surface area contributed by atoms with Gasteiger partial charge in [0.15, 0.2) is 6.61 Å². The van der Waals surface area contributed by atoms with Crippen LogP contribution >= 0.6 is 15.9 Å². The summed E-state index contributed by atoms with van der Waals surface area (Å²) in [6, 6.07) is 21.3. The third-order valence-corrected chi connectivity index (χ3v) is 4.43. The highest BCUT2D eigenvalue weighted by Crippen LogP contribution is 2.23. The van der Waals surface area contributed by atoms with Crippen LogP contribution in [0, 0.1) is 6.92 Å². The molecule has 6 nitrogen and oxygen atoms in total. The standard InChI is InChI=1S/C23H19BrN2O4/c1-16-6-5-7-17(12-16)23(28)30-21-11-10-19(24)13-18(21)14-25-26-22(27)15-29-20-8-3-2-4-9-20/h2-14H,15H2,1H3,(H,26,27)/b25-14+. The highest BCUT2D eigenvalue weighted by Gasteiger charge is 2.12. The Kier molecular flexibility index (Phi) is 7.34. The Morgan fingerprint density at radius 2 is 1.83 bits per heavy atom. The third-order valence-electron chi connectivity index (χ3n) is 3.93. The lowest BCUT2D eigenvalue weighted by molar-refractivity contribution is -0.123. The molecule has 1 amide bonds.